The first kappa shape index (κ1) is 13.6. The minimum absolute atomic E-state index is 0.404. The third kappa shape index (κ3) is 2.76. The van der Waals surface area contributed by atoms with Crippen molar-refractivity contribution in [2.24, 2.45) is 0 Å². The van der Waals surface area contributed by atoms with Crippen molar-refractivity contribution < 1.29 is 0 Å². The lowest BCUT2D eigenvalue weighted by atomic mass is 9.99. The maximum Gasteiger partial charge on any atom is 0.133 e. The Morgan fingerprint density at radius 2 is 2.39 bits per heavy atom. The largest absolute Gasteiger partial charge is 0.293 e. The molecule has 1 fully saturated rings. The lowest BCUT2D eigenvalue weighted by Gasteiger charge is -2.24. The number of pyridine rings is 1. The van der Waals surface area contributed by atoms with Crippen LogP contribution in [0.2, 0.25) is 5.15 Å². The molecule has 18 heavy (non-hydrogen) atoms. The molecule has 1 aromatic heterocycles. The summed E-state index contributed by atoms with van der Waals surface area (Å²) < 4.78 is 0. The topological polar surface area (TPSA) is 16.1 Å². The molecule has 2 nitrogen and oxygen atoms in total. The fraction of sp³-hybridized carbons (Fsp3) is 0.533. The Kier molecular flexibility index (Phi) is 4.41. The number of likely N-dealkylation sites (tertiary alicyclic amines) is 1. The van der Waals surface area contributed by atoms with Crippen molar-refractivity contribution in [1.29, 1.82) is 0 Å². The van der Waals surface area contributed by atoms with Gasteiger partial charge in [-0.05, 0) is 36.9 Å². The summed E-state index contributed by atoms with van der Waals surface area (Å²) in [6.07, 6.45) is 6.24. The number of halogens is 1. The number of hydrogen-bond acceptors (Lipinski definition) is 2. The maximum absolute atomic E-state index is 6.28. The van der Waals surface area contributed by atoms with Crippen LogP contribution < -0.4 is 0 Å². The van der Waals surface area contributed by atoms with E-state index in [0.717, 1.165) is 19.5 Å². The molecule has 1 aromatic rings. The maximum atomic E-state index is 6.28. The van der Waals surface area contributed by atoms with Gasteiger partial charge in [0.15, 0.2) is 0 Å². The molecule has 1 saturated heterocycles. The van der Waals surface area contributed by atoms with Crippen molar-refractivity contribution in [3.05, 3.63) is 41.2 Å². The zero-order valence-electron chi connectivity index (χ0n) is 11.2. The van der Waals surface area contributed by atoms with Crippen LogP contribution in [0.4, 0.5) is 0 Å². The summed E-state index contributed by atoms with van der Waals surface area (Å²) in [4.78, 5) is 6.78. The first-order valence-electron chi connectivity index (χ1n) is 6.63. The Morgan fingerprint density at radius 3 is 3.06 bits per heavy atom. The number of nitrogens with zero attached hydrogens (tertiary/aromatic N) is 2. The van der Waals surface area contributed by atoms with E-state index < -0.39 is 0 Å². The Bertz CT molecular complexity index is 429. The van der Waals surface area contributed by atoms with Crippen molar-refractivity contribution in [3.8, 4) is 0 Å². The van der Waals surface area contributed by atoms with E-state index in [1.807, 2.05) is 12.3 Å². The monoisotopic (exact) mass is 264 g/mol. The van der Waals surface area contributed by atoms with Crippen molar-refractivity contribution in [2.75, 3.05) is 13.1 Å². The molecule has 0 aliphatic carbocycles. The van der Waals surface area contributed by atoms with Gasteiger partial charge in [-0.15, -0.1) is 6.58 Å². The predicted octanol–water partition coefficient (Wildman–Crippen LogP) is 4.18. The predicted molar refractivity (Wildman–Crippen MR) is 77.1 cm³/mol. The standard InChI is InChI=1S/C15H21ClN2/c1-4-7-18-8-5-6-14(18)13-9-12(11(2)3)10-17-15(13)16/h4,9-11,14H,1,5-8H2,2-3H3/t14-/m1/s1. The van der Waals surface area contributed by atoms with Crippen LogP contribution >= 0.6 is 11.6 Å². The molecule has 2 rings (SSSR count). The fourth-order valence-electron chi connectivity index (χ4n) is 2.59. The van der Waals surface area contributed by atoms with Crippen molar-refractivity contribution in [2.45, 2.75) is 38.6 Å². The zero-order valence-corrected chi connectivity index (χ0v) is 12.0. The average molecular weight is 265 g/mol. The Hall–Kier alpha value is -0.860. The van der Waals surface area contributed by atoms with Crippen LogP contribution in [0.5, 0.6) is 0 Å². The van der Waals surface area contributed by atoms with Gasteiger partial charge in [0, 0.05) is 24.3 Å². The molecule has 2 heterocycles. The summed E-state index contributed by atoms with van der Waals surface area (Å²) in [5, 5.41) is 0.653. The highest BCUT2D eigenvalue weighted by molar-refractivity contribution is 6.30. The molecule has 0 amide bonds. The van der Waals surface area contributed by atoms with E-state index >= 15 is 0 Å². The first-order valence-corrected chi connectivity index (χ1v) is 7.01. The third-order valence-electron chi connectivity index (χ3n) is 3.64. The summed E-state index contributed by atoms with van der Waals surface area (Å²) in [5.41, 5.74) is 2.45. The van der Waals surface area contributed by atoms with Gasteiger partial charge in [0.25, 0.3) is 0 Å². The fourth-order valence-corrected chi connectivity index (χ4v) is 2.82. The van der Waals surface area contributed by atoms with Crippen LogP contribution in [0.25, 0.3) is 0 Å². The second kappa shape index (κ2) is 5.85. The molecular formula is C15H21ClN2. The highest BCUT2D eigenvalue weighted by Crippen LogP contribution is 2.35. The van der Waals surface area contributed by atoms with Crippen LogP contribution in [0.1, 0.15) is 49.8 Å². The lowest BCUT2D eigenvalue weighted by Crippen LogP contribution is -2.23. The Balaban J connectivity index is 2.31. The van der Waals surface area contributed by atoms with E-state index in [1.54, 1.807) is 0 Å². The lowest BCUT2D eigenvalue weighted by molar-refractivity contribution is 0.285. The van der Waals surface area contributed by atoms with Gasteiger partial charge in [0.05, 0.1) is 0 Å². The molecule has 0 saturated carbocycles. The molecule has 98 valence electrons. The second-order valence-electron chi connectivity index (χ2n) is 5.25. The minimum Gasteiger partial charge on any atom is -0.293 e. The summed E-state index contributed by atoms with van der Waals surface area (Å²) in [6.45, 7) is 10.2. The van der Waals surface area contributed by atoms with Crippen molar-refractivity contribution in [1.82, 2.24) is 9.88 Å². The molecule has 0 unspecified atom stereocenters. The average Bonchev–Trinajstić information content (AvgIpc) is 2.78. The van der Waals surface area contributed by atoms with E-state index in [9.17, 15) is 0 Å². The van der Waals surface area contributed by atoms with Crippen LogP contribution in [0.3, 0.4) is 0 Å². The van der Waals surface area contributed by atoms with Gasteiger partial charge >= 0.3 is 0 Å². The van der Waals surface area contributed by atoms with E-state index in [0.29, 0.717) is 17.1 Å². The van der Waals surface area contributed by atoms with Gasteiger partial charge in [-0.2, -0.15) is 0 Å². The van der Waals surface area contributed by atoms with Gasteiger partial charge in [0.1, 0.15) is 5.15 Å². The quantitative estimate of drug-likeness (QED) is 0.599. The zero-order chi connectivity index (χ0) is 13.1. The molecule has 1 aliphatic heterocycles. The molecule has 0 aromatic carbocycles. The molecule has 0 radical (unpaired) electrons. The van der Waals surface area contributed by atoms with Gasteiger partial charge < -0.3 is 0 Å². The summed E-state index contributed by atoms with van der Waals surface area (Å²) in [5.74, 6) is 0.489. The summed E-state index contributed by atoms with van der Waals surface area (Å²) in [6, 6.07) is 2.63. The molecule has 1 atom stereocenters. The SMILES string of the molecule is C=CCN1CCC[C@@H]1c1cc(C(C)C)cnc1Cl. The Morgan fingerprint density at radius 1 is 1.61 bits per heavy atom. The smallest absolute Gasteiger partial charge is 0.133 e. The van der Waals surface area contributed by atoms with Crippen LogP contribution in [0.15, 0.2) is 24.9 Å². The molecule has 1 aliphatic rings. The molecule has 0 bridgehead atoms. The first-order chi connectivity index (χ1) is 8.63. The molecule has 3 heteroatoms. The molecular weight excluding hydrogens is 244 g/mol. The van der Waals surface area contributed by atoms with Gasteiger partial charge in [-0.3, -0.25) is 4.90 Å². The van der Waals surface area contributed by atoms with E-state index in [-0.39, 0.29) is 0 Å². The normalized spacial score (nSPS) is 20.6. The summed E-state index contributed by atoms with van der Waals surface area (Å²) >= 11 is 6.28. The van der Waals surface area contributed by atoms with Gasteiger partial charge in [-0.1, -0.05) is 31.5 Å². The molecule has 0 spiro atoms. The van der Waals surface area contributed by atoms with E-state index in [4.69, 9.17) is 11.6 Å². The number of aromatic nitrogens is 1. The van der Waals surface area contributed by atoms with Crippen molar-refractivity contribution >= 4 is 11.6 Å². The van der Waals surface area contributed by atoms with E-state index in [1.165, 1.54) is 17.5 Å². The number of rotatable bonds is 4. The van der Waals surface area contributed by atoms with Crippen LogP contribution in [-0.2, 0) is 0 Å². The van der Waals surface area contributed by atoms with Crippen LogP contribution in [-0.4, -0.2) is 23.0 Å². The highest BCUT2D eigenvalue weighted by atomic mass is 35.5. The second-order valence-corrected chi connectivity index (χ2v) is 5.60. The van der Waals surface area contributed by atoms with Crippen LogP contribution in [0, 0.1) is 0 Å². The number of hydrogen-bond donors (Lipinski definition) is 0. The highest BCUT2D eigenvalue weighted by Gasteiger charge is 2.27. The van der Waals surface area contributed by atoms with Crippen molar-refractivity contribution in [3.63, 3.8) is 0 Å². The third-order valence-corrected chi connectivity index (χ3v) is 3.96. The Labute approximate surface area is 115 Å². The van der Waals surface area contributed by atoms with Gasteiger partial charge in [0.2, 0.25) is 0 Å². The molecule has 0 N–H and O–H groups in total. The van der Waals surface area contributed by atoms with Gasteiger partial charge in [-0.25, -0.2) is 4.98 Å². The van der Waals surface area contributed by atoms with E-state index in [2.05, 4.69) is 36.4 Å². The summed E-state index contributed by atoms with van der Waals surface area (Å²) in [7, 11) is 0. The minimum atomic E-state index is 0.404.